The molecule has 0 spiro atoms. The Morgan fingerprint density at radius 2 is 2.35 bits per heavy atom. The van der Waals surface area contributed by atoms with Crippen LogP contribution in [0.25, 0.3) is 0 Å². The fraction of sp³-hybridized carbons (Fsp3) is 0.308. The SMILES string of the molecule is O=C(COc1cccnc1)N1CC(Oc2nccs2)C1. The summed E-state index contributed by atoms with van der Waals surface area (Å²) in [7, 11) is 0. The molecule has 7 heteroatoms. The number of hydrogen-bond acceptors (Lipinski definition) is 6. The van der Waals surface area contributed by atoms with Crippen molar-refractivity contribution in [3.63, 3.8) is 0 Å². The number of pyridine rings is 1. The third-order valence-electron chi connectivity index (χ3n) is 2.87. The molecule has 3 rings (SSSR count). The minimum absolute atomic E-state index is 0.0235. The monoisotopic (exact) mass is 291 g/mol. The van der Waals surface area contributed by atoms with Crippen LogP contribution in [0.1, 0.15) is 0 Å². The number of likely N-dealkylation sites (tertiary alicyclic amines) is 1. The van der Waals surface area contributed by atoms with E-state index in [4.69, 9.17) is 9.47 Å². The highest BCUT2D eigenvalue weighted by molar-refractivity contribution is 7.11. The minimum Gasteiger partial charge on any atom is -0.482 e. The van der Waals surface area contributed by atoms with Crippen LogP contribution in [-0.2, 0) is 4.79 Å². The summed E-state index contributed by atoms with van der Waals surface area (Å²) in [5.41, 5.74) is 0. The lowest BCUT2D eigenvalue weighted by Crippen LogP contribution is -2.57. The van der Waals surface area contributed by atoms with Gasteiger partial charge in [0.15, 0.2) is 6.61 Å². The van der Waals surface area contributed by atoms with Crippen LogP contribution in [-0.4, -0.2) is 46.6 Å². The third kappa shape index (κ3) is 3.05. The first-order chi connectivity index (χ1) is 9.81. The van der Waals surface area contributed by atoms with E-state index < -0.39 is 0 Å². The molecule has 20 heavy (non-hydrogen) atoms. The van der Waals surface area contributed by atoms with Gasteiger partial charge in [0.2, 0.25) is 0 Å². The van der Waals surface area contributed by atoms with Gasteiger partial charge in [-0.1, -0.05) is 11.3 Å². The van der Waals surface area contributed by atoms with E-state index >= 15 is 0 Å². The second-order valence-electron chi connectivity index (χ2n) is 4.31. The molecule has 0 aliphatic carbocycles. The Morgan fingerprint density at radius 3 is 3.05 bits per heavy atom. The number of hydrogen-bond donors (Lipinski definition) is 0. The van der Waals surface area contributed by atoms with Crippen molar-refractivity contribution in [2.24, 2.45) is 0 Å². The van der Waals surface area contributed by atoms with E-state index in [1.807, 2.05) is 5.38 Å². The van der Waals surface area contributed by atoms with Gasteiger partial charge in [-0.15, -0.1) is 0 Å². The molecule has 3 heterocycles. The number of rotatable bonds is 5. The van der Waals surface area contributed by atoms with Crippen LogP contribution < -0.4 is 9.47 Å². The van der Waals surface area contributed by atoms with Gasteiger partial charge in [-0.3, -0.25) is 9.78 Å². The second kappa shape index (κ2) is 5.87. The van der Waals surface area contributed by atoms with Crippen molar-refractivity contribution in [1.29, 1.82) is 0 Å². The standard InChI is InChI=1S/C13H13N3O3S/c17-12(9-18-10-2-1-3-14-6-10)16-7-11(8-16)19-13-15-4-5-20-13/h1-6,11H,7-9H2. The summed E-state index contributed by atoms with van der Waals surface area (Å²) in [4.78, 5) is 21.5. The molecule has 0 unspecified atom stereocenters. The summed E-state index contributed by atoms with van der Waals surface area (Å²) in [6.45, 7) is 1.18. The molecular weight excluding hydrogens is 278 g/mol. The summed E-state index contributed by atoms with van der Waals surface area (Å²) in [5, 5.41) is 2.51. The van der Waals surface area contributed by atoms with E-state index in [1.54, 1.807) is 35.6 Å². The number of ether oxygens (including phenoxy) is 2. The lowest BCUT2D eigenvalue weighted by Gasteiger charge is -2.38. The largest absolute Gasteiger partial charge is 0.482 e. The Bertz CT molecular complexity index is 556. The van der Waals surface area contributed by atoms with Gasteiger partial charge in [-0.25, -0.2) is 4.98 Å². The van der Waals surface area contributed by atoms with Crippen LogP contribution in [0, 0.1) is 0 Å². The van der Waals surface area contributed by atoms with Crippen LogP contribution in [0.15, 0.2) is 36.1 Å². The third-order valence-corrected chi connectivity index (χ3v) is 3.54. The van der Waals surface area contributed by atoms with Gasteiger partial charge < -0.3 is 14.4 Å². The Kier molecular flexibility index (Phi) is 3.78. The molecular formula is C13H13N3O3S. The summed E-state index contributed by atoms with van der Waals surface area (Å²) in [6.07, 6.45) is 4.97. The van der Waals surface area contributed by atoms with E-state index in [1.165, 1.54) is 11.3 Å². The Morgan fingerprint density at radius 1 is 1.45 bits per heavy atom. The number of nitrogens with zero attached hydrogens (tertiary/aromatic N) is 3. The second-order valence-corrected chi connectivity index (χ2v) is 5.17. The molecule has 0 bridgehead atoms. The van der Waals surface area contributed by atoms with Gasteiger partial charge in [0, 0.05) is 17.8 Å². The topological polar surface area (TPSA) is 64.5 Å². The summed E-state index contributed by atoms with van der Waals surface area (Å²) in [6, 6.07) is 3.53. The van der Waals surface area contributed by atoms with Gasteiger partial charge in [0.05, 0.1) is 19.3 Å². The number of carbonyl (C=O) groups excluding carboxylic acids is 1. The average Bonchev–Trinajstić information content (AvgIpc) is 2.94. The molecule has 2 aromatic heterocycles. The van der Waals surface area contributed by atoms with Crippen molar-refractivity contribution in [2.45, 2.75) is 6.10 Å². The van der Waals surface area contributed by atoms with E-state index in [9.17, 15) is 4.79 Å². The highest BCUT2D eigenvalue weighted by Crippen LogP contribution is 2.20. The zero-order valence-corrected chi connectivity index (χ0v) is 11.5. The number of amides is 1. The highest BCUT2D eigenvalue weighted by Gasteiger charge is 2.32. The molecule has 0 N–H and O–H groups in total. The molecule has 0 aromatic carbocycles. The number of carbonyl (C=O) groups is 1. The minimum atomic E-state index is -0.0483. The summed E-state index contributed by atoms with van der Waals surface area (Å²) in [5.74, 6) is 0.546. The van der Waals surface area contributed by atoms with Gasteiger partial charge in [0.25, 0.3) is 11.1 Å². The maximum absolute atomic E-state index is 11.9. The molecule has 0 saturated carbocycles. The van der Waals surface area contributed by atoms with Crippen molar-refractivity contribution in [2.75, 3.05) is 19.7 Å². The molecule has 1 saturated heterocycles. The van der Waals surface area contributed by atoms with Crippen molar-refractivity contribution < 1.29 is 14.3 Å². The van der Waals surface area contributed by atoms with Gasteiger partial charge >= 0.3 is 0 Å². The molecule has 1 aliphatic rings. The zero-order valence-electron chi connectivity index (χ0n) is 10.6. The number of aromatic nitrogens is 2. The molecule has 0 atom stereocenters. The molecule has 104 valence electrons. The normalized spacial score (nSPS) is 14.7. The van der Waals surface area contributed by atoms with Crippen LogP contribution in [0.3, 0.4) is 0 Å². The first-order valence-corrected chi connectivity index (χ1v) is 7.06. The van der Waals surface area contributed by atoms with E-state index in [0.717, 1.165) is 0 Å². The van der Waals surface area contributed by atoms with Gasteiger partial charge in [0.1, 0.15) is 11.9 Å². The predicted molar refractivity (Wildman–Crippen MR) is 72.8 cm³/mol. The molecule has 2 aromatic rings. The van der Waals surface area contributed by atoms with E-state index in [-0.39, 0.29) is 18.6 Å². The smallest absolute Gasteiger partial charge is 0.273 e. The predicted octanol–water partition coefficient (Wildman–Crippen LogP) is 1.21. The highest BCUT2D eigenvalue weighted by atomic mass is 32.1. The van der Waals surface area contributed by atoms with Crippen molar-refractivity contribution in [3.8, 4) is 10.9 Å². The maximum atomic E-state index is 11.9. The Hall–Kier alpha value is -2.15. The first-order valence-electron chi connectivity index (χ1n) is 6.18. The molecule has 1 fully saturated rings. The lowest BCUT2D eigenvalue weighted by molar-refractivity contribution is -0.142. The molecule has 6 nitrogen and oxygen atoms in total. The van der Waals surface area contributed by atoms with Crippen LogP contribution in [0.2, 0.25) is 0 Å². The van der Waals surface area contributed by atoms with Crippen molar-refractivity contribution in [3.05, 3.63) is 36.1 Å². The van der Waals surface area contributed by atoms with Crippen LogP contribution in [0.4, 0.5) is 0 Å². The summed E-state index contributed by atoms with van der Waals surface area (Å²) < 4.78 is 11.0. The van der Waals surface area contributed by atoms with Crippen molar-refractivity contribution >= 4 is 17.2 Å². The summed E-state index contributed by atoms with van der Waals surface area (Å²) >= 11 is 1.45. The van der Waals surface area contributed by atoms with E-state index in [0.29, 0.717) is 24.0 Å². The average molecular weight is 291 g/mol. The van der Waals surface area contributed by atoms with Crippen LogP contribution in [0.5, 0.6) is 10.9 Å². The molecule has 0 radical (unpaired) electrons. The van der Waals surface area contributed by atoms with Gasteiger partial charge in [-0.2, -0.15) is 0 Å². The fourth-order valence-corrected chi connectivity index (χ4v) is 2.35. The number of thiazole rings is 1. The Balaban J connectivity index is 1.40. The lowest BCUT2D eigenvalue weighted by atomic mass is 10.1. The fourth-order valence-electron chi connectivity index (χ4n) is 1.80. The van der Waals surface area contributed by atoms with Crippen molar-refractivity contribution in [1.82, 2.24) is 14.9 Å². The zero-order chi connectivity index (χ0) is 13.8. The molecule has 1 amide bonds. The van der Waals surface area contributed by atoms with Gasteiger partial charge in [-0.05, 0) is 12.1 Å². The van der Waals surface area contributed by atoms with E-state index in [2.05, 4.69) is 9.97 Å². The Labute approximate surface area is 120 Å². The molecule has 1 aliphatic heterocycles. The van der Waals surface area contributed by atoms with Crippen LogP contribution >= 0.6 is 11.3 Å². The first kappa shape index (κ1) is 12.9. The maximum Gasteiger partial charge on any atom is 0.273 e. The quantitative estimate of drug-likeness (QED) is 0.828.